The lowest BCUT2D eigenvalue weighted by atomic mass is 10.2. The van der Waals surface area contributed by atoms with Crippen LogP contribution in [0.15, 0.2) is 53.6 Å². The third-order valence-electron chi connectivity index (χ3n) is 3.34. The van der Waals surface area contributed by atoms with Crippen molar-refractivity contribution >= 4 is 35.0 Å². The van der Waals surface area contributed by atoms with E-state index >= 15 is 0 Å². The van der Waals surface area contributed by atoms with Gasteiger partial charge < -0.3 is 9.47 Å². The minimum Gasteiger partial charge on any atom is -0.484 e. The maximum Gasteiger partial charge on any atom is 0.247 e. The van der Waals surface area contributed by atoms with Crippen LogP contribution in [0.2, 0.25) is 10.0 Å². The van der Waals surface area contributed by atoms with E-state index in [1.54, 1.807) is 48.5 Å². The zero-order chi connectivity index (χ0) is 17.1. The van der Waals surface area contributed by atoms with Gasteiger partial charge in [-0.15, -0.1) is 5.10 Å². The summed E-state index contributed by atoms with van der Waals surface area (Å²) in [6.07, 6.45) is -0.622. The van der Waals surface area contributed by atoms with E-state index in [4.69, 9.17) is 32.7 Å². The molecule has 2 aromatic rings. The van der Waals surface area contributed by atoms with Gasteiger partial charge in [0.25, 0.3) is 0 Å². The van der Waals surface area contributed by atoms with Crippen molar-refractivity contribution in [2.45, 2.75) is 13.2 Å². The Labute approximate surface area is 149 Å². The molecule has 3 rings (SSSR count). The Kier molecular flexibility index (Phi) is 4.92. The van der Waals surface area contributed by atoms with E-state index in [9.17, 15) is 4.79 Å². The molecule has 1 amide bonds. The molecule has 1 atom stereocenters. The van der Waals surface area contributed by atoms with Gasteiger partial charge in [-0.1, -0.05) is 35.3 Å². The Bertz CT molecular complexity index is 760. The molecule has 0 bridgehead atoms. The molecule has 124 valence electrons. The normalized spacial score (nSPS) is 16.5. The van der Waals surface area contributed by atoms with Gasteiger partial charge in [0.1, 0.15) is 5.75 Å². The molecule has 5 nitrogen and oxygen atoms in total. The van der Waals surface area contributed by atoms with Crippen LogP contribution in [0.25, 0.3) is 0 Å². The lowest BCUT2D eigenvalue weighted by Crippen LogP contribution is -2.25. The Balaban J connectivity index is 1.70. The molecular formula is C17H14Cl2N2O3. The number of hydrazone groups is 1. The zero-order valence-electron chi connectivity index (χ0n) is 12.8. The van der Waals surface area contributed by atoms with Crippen LogP contribution in [-0.2, 0) is 9.53 Å². The molecule has 0 aromatic heterocycles. The van der Waals surface area contributed by atoms with E-state index in [2.05, 4.69) is 5.10 Å². The van der Waals surface area contributed by atoms with E-state index < -0.39 is 6.23 Å². The van der Waals surface area contributed by atoms with Crippen molar-refractivity contribution in [1.82, 2.24) is 5.01 Å². The second kappa shape index (κ2) is 7.11. The van der Waals surface area contributed by atoms with Gasteiger partial charge in [0.05, 0.1) is 0 Å². The molecule has 0 fully saturated rings. The molecule has 0 saturated carbocycles. The molecule has 7 heteroatoms. The summed E-state index contributed by atoms with van der Waals surface area (Å²) in [5.74, 6) is 0.728. The number of rotatable bonds is 4. The van der Waals surface area contributed by atoms with Crippen LogP contribution < -0.4 is 4.74 Å². The fourth-order valence-electron chi connectivity index (χ4n) is 2.19. The third-order valence-corrected chi connectivity index (χ3v) is 3.85. The highest BCUT2D eigenvalue weighted by Gasteiger charge is 2.32. The van der Waals surface area contributed by atoms with Gasteiger partial charge in [-0.3, -0.25) is 4.79 Å². The Morgan fingerprint density at radius 3 is 2.29 bits per heavy atom. The van der Waals surface area contributed by atoms with Crippen LogP contribution in [0.3, 0.4) is 0 Å². The standard InChI is InChI=1S/C17H14Cl2N2O3/c1-11(22)21-17(12-2-4-13(18)5-3-12)24-16(20-21)10-23-15-8-6-14(19)7-9-15/h2-9,17H,10H2,1H3. The molecule has 1 unspecified atom stereocenters. The number of nitrogens with zero attached hydrogens (tertiary/aromatic N) is 2. The first kappa shape index (κ1) is 16.6. The number of amides is 1. The smallest absolute Gasteiger partial charge is 0.247 e. The summed E-state index contributed by atoms with van der Waals surface area (Å²) in [5.41, 5.74) is 0.778. The van der Waals surface area contributed by atoms with Gasteiger partial charge in [-0.05, 0) is 36.4 Å². The topological polar surface area (TPSA) is 51.1 Å². The van der Waals surface area contributed by atoms with E-state index in [1.807, 2.05) is 0 Å². The number of hydrogen-bond donors (Lipinski definition) is 0. The van der Waals surface area contributed by atoms with Crippen LogP contribution in [0, 0.1) is 0 Å². The van der Waals surface area contributed by atoms with Gasteiger partial charge in [0.15, 0.2) is 6.61 Å². The first-order chi connectivity index (χ1) is 11.5. The van der Waals surface area contributed by atoms with Crippen LogP contribution in [0.1, 0.15) is 18.7 Å². The van der Waals surface area contributed by atoms with Gasteiger partial charge in [-0.25, -0.2) is 0 Å². The van der Waals surface area contributed by atoms with Crippen molar-refractivity contribution in [3.05, 3.63) is 64.1 Å². The highest BCUT2D eigenvalue weighted by atomic mass is 35.5. The summed E-state index contributed by atoms with van der Waals surface area (Å²) in [6, 6.07) is 14.0. The molecule has 0 N–H and O–H groups in total. The first-order valence-electron chi connectivity index (χ1n) is 7.21. The van der Waals surface area contributed by atoms with Crippen molar-refractivity contribution < 1.29 is 14.3 Å². The van der Waals surface area contributed by atoms with Crippen LogP contribution in [-0.4, -0.2) is 23.4 Å². The minimum absolute atomic E-state index is 0.107. The number of ether oxygens (including phenoxy) is 2. The molecule has 0 spiro atoms. The van der Waals surface area contributed by atoms with Crippen LogP contribution in [0.4, 0.5) is 0 Å². The molecule has 1 heterocycles. The van der Waals surface area contributed by atoms with Crippen molar-refractivity contribution in [2.75, 3.05) is 6.61 Å². The molecular weight excluding hydrogens is 351 g/mol. The minimum atomic E-state index is -0.622. The first-order valence-corrected chi connectivity index (χ1v) is 7.96. The van der Waals surface area contributed by atoms with Gasteiger partial charge in [0.2, 0.25) is 18.0 Å². The lowest BCUT2D eigenvalue weighted by molar-refractivity contribution is -0.135. The van der Waals surface area contributed by atoms with Crippen molar-refractivity contribution in [2.24, 2.45) is 5.10 Å². The Morgan fingerprint density at radius 2 is 1.71 bits per heavy atom. The maximum absolute atomic E-state index is 11.8. The average molecular weight is 365 g/mol. The number of benzene rings is 2. The average Bonchev–Trinajstić information content (AvgIpc) is 3.00. The SMILES string of the molecule is CC(=O)N1N=C(COc2ccc(Cl)cc2)OC1c1ccc(Cl)cc1. The number of carbonyl (C=O) groups excluding carboxylic acids is 1. The second-order valence-electron chi connectivity index (χ2n) is 5.12. The predicted molar refractivity (Wildman–Crippen MR) is 92.2 cm³/mol. The molecule has 1 aliphatic heterocycles. The molecule has 0 saturated heterocycles. The van der Waals surface area contributed by atoms with E-state index in [0.717, 1.165) is 5.56 Å². The fourth-order valence-corrected chi connectivity index (χ4v) is 2.44. The van der Waals surface area contributed by atoms with Gasteiger partial charge >= 0.3 is 0 Å². The lowest BCUT2D eigenvalue weighted by Gasteiger charge is -2.19. The largest absolute Gasteiger partial charge is 0.484 e. The Hall–Kier alpha value is -2.24. The molecule has 2 aromatic carbocycles. The molecule has 0 radical (unpaired) electrons. The summed E-state index contributed by atoms with van der Waals surface area (Å²) in [7, 11) is 0. The highest BCUT2D eigenvalue weighted by Crippen LogP contribution is 2.29. The predicted octanol–water partition coefficient (Wildman–Crippen LogP) is 4.26. The van der Waals surface area contributed by atoms with Crippen molar-refractivity contribution in [1.29, 1.82) is 0 Å². The summed E-state index contributed by atoms with van der Waals surface area (Å²) in [6.45, 7) is 1.54. The molecule has 24 heavy (non-hydrogen) atoms. The maximum atomic E-state index is 11.8. The summed E-state index contributed by atoms with van der Waals surface area (Å²) >= 11 is 11.7. The van der Waals surface area contributed by atoms with E-state index in [0.29, 0.717) is 21.7 Å². The fraction of sp³-hybridized carbons (Fsp3) is 0.176. The summed E-state index contributed by atoms with van der Waals surface area (Å²) in [5, 5.41) is 6.71. The van der Waals surface area contributed by atoms with E-state index in [-0.39, 0.29) is 12.5 Å². The summed E-state index contributed by atoms with van der Waals surface area (Å²) < 4.78 is 11.4. The van der Waals surface area contributed by atoms with Gasteiger partial charge in [-0.2, -0.15) is 5.01 Å². The number of halogens is 2. The second-order valence-corrected chi connectivity index (χ2v) is 5.99. The van der Waals surface area contributed by atoms with Crippen LogP contribution >= 0.6 is 23.2 Å². The third kappa shape index (κ3) is 3.80. The monoisotopic (exact) mass is 364 g/mol. The number of carbonyl (C=O) groups is 1. The number of hydrogen-bond acceptors (Lipinski definition) is 4. The van der Waals surface area contributed by atoms with Crippen molar-refractivity contribution in [3.8, 4) is 5.75 Å². The Morgan fingerprint density at radius 1 is 1.12 bits per heavy atom. The van der Waals surface area contributed by atoms with Crippen molar-refractivity contribution in [3.63, 3.8) is 0 Å². The molecule has 0 aliphatic carbocycles. The highest BCUT2D eigenvalue weighted by molar-refractivity contribution is 6.30. The molecule has 1 aliphatic rings. The van der Waals surface area contributed by atoms with E-state index in [1.165, 1.54) is 11.9 Å². The quantitative estimate of drug-likeness (QED) is 0.813. The van der Waals surface area contributed by atoms with Gasteiger partial charge in [0, 0.05) is 22.5 Å². The van der Waals surface area contributed by atoms with Crippen LogP contribution in [0.5, 0.6) is 5.75 Å². The zero-order valence-corrected chi connectivity index (χ0v) is 14.3. The summed E-state index contributed by atoms with van der Waals surface area (Å²) in [4.78, 5) is 11.8.